The van der Waals surface area contributed by atoms with Crippen LogP contribution in [0.1, 0.15) is 10.4 Å². The van der Waals surface area contributed by atoms with Crippen molar-refractivity contribution in [2.75, 3.05) is 12.4 Å². The number of rotatable bonds is 5. The second-order valence-corrected chi connectivity index (χ2v) is 6.75. The van der Waals surface area contributed by atoms with E-state index in [1.807, 2.05) is 30.3 Å². The predicted molar refractivity (Wildman–Crippen MR) is 113 cm³/mol. The van der Waals surface area contributed by atoms with Crippen molar-refractivity contribution < 1.29 is 14.5 Å². The number of nitrogens with one attached hydrogen (secondary N) is 1. The number of non-ortho nitro benzene ring substituents is 1. The second kappa shape index (κ2) is 7.84. The lowest BCUT2D eigenvalue weighted by atomic mass is 10.1. The number of fused-ring (bicyclic) bond motifs is 1. The summed E-state index contributed by atoms with van der Waals surface area (Å²) in [7, 11) is 1.58. The number of benzene rings is 2. The molecule has 0 aliphatic heterocycles. The van der Waals surface area contributed by atoms with Crippen LogP contribution < -0.4 is 10.1 Å². The van der Waals surface area contributed by atoms with Gasteiger partial charge in [-0.2, -0.15) is 0 Å². The summed E-state index contributed by atoms with van der Waals surface area (Å²) < 4.78 is 6.95. The van der Waals surface area contributed by atoms with Gasteiger partial charge in [0.15, 0.2) is 0 Å². The Morgan fingerprint density at radius 1 is 1.17 bits per heavy atom. The summed E-state index contributed by atoms with van der Waals surface area (Å²) >= 11 is 6.12. The smallest absolute Gasteiger partial charge is 0.270 e. The summed E-state index contributed by atoms with van der Waals surface area (Å²) in [6.07, 6.45) is 1.78. The molecule has 0 unspecified atom stereocenters. The molecule has 0 atom stereocenters. The molecule has 2 heterocycles. The maximum absolute atomic E-state index is 12.9. The number of pyridine rings is 1. The minimum atomic E-state index is -0.570. The molecule has 4 aromatic rings. The third kappa shape index (κ3) is 3.56. The molecular weight excluding hydrogens is 408 g/mol. The van der Waals surface area contributed by atoms with Crippen LogP contribution in [0.15, 0.2) is 66.9 Å². The summed E-state index contributed by atoms with van der Waals surface area (Å²) in [6.45, 7) is 0. The van der Waals surface area contributed by atoms with Crippen molar-refractivity contribution in [2.45, 2.75) is 0 Å². The van der Waals surface area contributed by atoms with Crippen molar-refractivity contribution in [3.05, 3.63) is 87.6 Å². The number of hydrogen-bond acceptors (Lipinski definition) is 5. The van der Waals surface area contributed by atoms with Crippen molar-refractivity contribution >= 4 is 34.7 Å². The Balaban J connectivity index is 1.76. The largest absolute Gasteiger partial charge is 0.497 e. The van der Waals surface area contributed by atoms with Crippen LogP contribution in [0.25, 0.3) is 16.9 Å². The van der Waals surface area contributed by atoms with Crippen LogP contribution in [0.3, 0.4) is 0 Å². The number of methoxy groups -OCH3 is 1. The molecule has 4 rings (SSSR count). The lowest BCUT2D eigenvalue weighted by Gasteiger charge is -2.09. The van der Waals surface area contributed by atoms with Crippen molar-refractivity contribution in [1.82, 2.24) is 9.38 Å². The van der Waals surface area contributed by atoms with E-state index in [-0.39, 0.29) is 16.3 Å². The Bertz CT molecular complexity index is 1270. The van der Waals surface area contributed by atoms with E-state index in [1.54, 1.807) is 29.8 Å². The lowest BCUT2D eigenvalue weighted by molar-refractivity contribution is -0.384. The first-order valence-electron chi connectivity index (χ1n) is 8.84. The molecule has 0 saturated carbocycles. The quantitative estimate of drug-likeness (QED) is 0.367. The van der Waals surface area contributed by atoms with Gasteiger partial charge in [-0.05, 0) is 42.5 Å². The third-order valence-corrected chi connectivity index (χ3v) is 4.85. The molecule has 0 radical (unpaired) electrons. The number of halogens is 1. The molecule has 0 spiro atoms. The number of aromatic nitrogens is 2. The third-order valence-electron chi connectivity index (χ3n) is 4.53. The Morgan fingerprint density at radius 3 is 2.60 bits per heavy atom. The molecule has 0 saturated heterocycles. The Kier molecular flexibility index (Phi) is 5.07. The van der Waals surface area contributed by atoms with Crippen LogP contribution in [-0.2, 0) is 0 Å². The molecule has 30 heavy (non-hydrogen) atoms. The zero-order chi connectivity index (χ0) is 21.3. The highest BCUT2D eigenvalue weighted by atomic mass is 35.5. The molecule has 1 N–H and O–H groups in total. The number of imidazole rings is 1. The van der Waals surface area contributed by atoms with Gasteiger partial charge in [-0.15, -0.1) is 0 Å². The minimum Gasteiger partial charge on any atom is -0.497 e. The van der Waals surface area contributed by atoms with Gasteiger partial charge in [0.2, 0.25) is 0 Å². The topological polar surface area (TPSA) is 98.8 Å². The van der Waals surface area contributed by atoms with Gasteiger partial charge in [0, 0.05) is 23.9 Å². The maximum atomic E-state index is 12.9. The molecule has 2 aromatic carbocycles. The van der Waals surface area contributed by atoms with Crippen molar-refractivity contribution in [3.63, 3.8) is 0 Å². The van der Waals surface area contributed by atoms with Crippen molar-refractivity contribution in [1.29, 1.82) is 0 Å². The highest BCUT2D eigenvalue weighted by Gasteiger charge is 2.20. The number of carbonyl (C=O) groups is 1. The summed E-state index contributed by atoms with van der Waals surface area (Å²) in [5.74, 6) is 0.649. The fourth-order valence-electron chi connectivity index (χ4n) is 3.04. The number of ether oxygens (including phenoxy) is 1. The summed E-state index contributed by atoms with van der Waals surface area (Å²) in [5.41, 5.74) is 1.92. The van der Waals surface area contributed by atoms with E-state index < -0.39 is 10.8 Å². The first-order chi connectivity index (χ1) is 14.5. The Hall–Kier alpha value is -3.91. The van der Waals surface area contributed by atoms with Crippen LogP contribution >= 0.6 is 11.6 Å². The molecule has 150 valence electrons. The highest BCUT2D eigenvalue weighted by molar-refractivity contribution is 6.34. The molecule has 2 aromatic heterocycles. The molecular formula is C21H15ClN4O4. The van der Waals surface area contributed by atoms with Gasteiger partial charge in [0.05, 0.1) is 22.6 Å². The van der Waals surface area contributed by atoms with E-state index in [4.69, 9.17) is 16.3 Å². The Labute approximate surface area is 175 Å². The first kappa shape index (κ1) is 19.4. The summed E-state index contributed by atoms with van der Waals surface area (Å²) in [6, 6.07) is 16.5. The molecule has 0 fully saturated rings. The number of amides is 1. The van der Waals surface area contributed by atoms with Gasteiger partial charge in [-0.1, -0.05) is 17.7 Å². The van der Waals surface area contributed by atoms with Crippen LogP contribution in [0.2, 0.25) is 5.02 Å². The average Bonchev–Trinajstić information content (AvgIpc) is 3.12. The van der Waals surface area contributed by atoms with Gasteiger partial charge in [0.1, 0.15) is 22.9 Å². The number of hydrogen-bond donors (Lipinski definition) is 1. The second-order valence-electron chi connectivity index (χ2n) is 6.34. The normalized spacial score (nSPS) is 10.7. The van der Waals surface area contributed by atoms with Gasteiger partial charge >= 0.3 is 0 Å². The van der Waals surface area contributed by atoms with Crippen LogP contribution in [0.5, 0.6) is 5.75 Å². The number of anilines is 1. The van der Waals surface area contributed by atoms with E-state index in [0.717, 1.165) is 11.6 Å². The van der Waals surface area contributed by atoms with Gasteiger partial charge in [0.25, 0.3) is 11.6 Å². The summed E-state index contributed by atoms with van der Waals surface area (Å²) in [4.78, 5) is 27.9. The van der Waals surface area contributed by atoms with Crippen molar-refractivity contribution in [2.24, 2.45) is 0 Å². The fraction of sp³-hybridized carbons (Fsp3) is 0.0476. The van der Waals surface area contributed by atoms with Crippen molar-refractivity contribution in [3.8, 4) is 17.0 Å². The predicted octanol–water partition coefficient (Wildman–Crippen LogP) is 4.82. The molecule has 8 nitrogen and oxygen atoms in total. The zero-order valence-electron chi connectivity index (χ0n) is 15.7. The number of nitrogens with zero attached hydrogens (tertiary/aromatic N) is 3. The lowest BCUT2D eigenvalue weighted by Crippen LogP contribution is -2.14. The van der Waals surface area contributed by atoms with Crippen LogP contribution in [0, 0.1) is 10.1 Å². The molecule has 0 aliphatic carbocycles. The molecule has 1 amide bonds. The maximum Gasteiger partial charge on any atom is 0.270 e. The minimum absolute atomic E-state index is 0.0125. The monoisotopic (exact) mass is 422 g/mol. The van der Waals surface area contributed by atoms with Gasteiger partial charge < -0.3 is 10.1 Å². The van der Waals surface area contributed by atoms with E-state index in [9.17, 15) is 14.9 Å². The zero-order valence-corrected chi connectivity index (χ0v) is 16.5. The Morgan fingerprint density at radius 2 is 1.93 bits per heavy atom. The molecule has 9 heteroatoms. The fourth-order valence-corrected chi connectivity index (χ4v) is 3.30. The SMILES string of the molecule is COc1ccc(-c2nc3ccccn3c2NC(=O)c2ccc([N+](=O)[O-])cc2Cl)cc1. The van der Waals surface area contributed by atoms with E-state index >= 15 is 0 Å². The van der Waals surface area contributed by atoms with E-state index in [2.05, 4.69) is 10.3 Å². The number of nitro benzene ring substituents is 1. The molecule has 0 aliphatic rings. The highest BCUT2D eigenvalue weighted by Crippen LogP contribution is 2.31. The molecule has 0 bridgehead atoms. The summed E-state index contributed by atoms with van der Waals surface area (Å²) in [5, 5.41) is 13.7. The first-order valence-corrected chi connectivity index (χ1v) is 9.22. The average molecular weight is 423 g/mol. The standard InChI is InChI=1S/C21H15ClN4O4/c1-30-15-8-5-13(6-9-15)19-20(25-11-3-2-4-18(25)23-19)24-21(27)16-10-7-14(26(28)29)12-17(16)22/h2-12H,1H3,(H,24,27). The van der Waals surface area contributed by atoms with E-state index in [1.165, 1.54) is 12.1 Å². The van der Waals surface area contributed by atoms with Gasteiger partial charge in [-0.25, -0.2) is 4.98 Å². The van der Waals surface area contributed by atoms with Crippen LogP contribution in [-0.4, -0.2) is 27.3 Å². The van der Waals surface area contributed by atoms with Crippen LogP contribution in [0.4, 0.5) is 11.5 Å². The van der Waals surface area contributed by atoms with E-state index in [0.29, 0.717) is 22.9 Å². The number of nitro groups is 1. The van der Waals surface area contributed by atoms with Gasteiger partial charge in [-0.3, -0.25) is 19.3 Å². The number of carbonyl (C=O) groups excluding carboxylic acids is 1.